The molecule has 1 aliphatic rings. The van der Waals surface area contributed by atoms with E-state index >= 15 is 0 Å². The van der Waals surface area contributed by atoms with Crippen LogP contribution in [-0.4, -0.2) is 30.6 Å². The molecule has 1 fully saturated rings. The Balaban J connectivity index is 1.83. The molecule has 1 unspecified atom stereocenters. The van der Waals surface area contributed by atoms with Crippen LogP contribution in [0.1, 0.15) is 35.8 Å². The van der Waals surface area contributed by atoms with Crippen molar-refractivity contribution >= 4 is 5.91 Å². The minimum atomic E-state index is -0.0926. The maximum atomic E-state index is 11.9. The first-order valence-corrected chi connectivity index (χ1v) is 6.60. The van der Waals surface area contributed by atoms with Crippen molar-refractivity contribution in [1.29, 1.82) is 0 Å². The Bertz CT molecular complexity index is 383. The van der Waals surface area contributed by atoms with Gasteiger partial charge in [-0.15, -0.1) is 0 Å². The summed E-state index contributed by atoms with van der Waals surface area (Å²) in [6.45, 7) is 4.37. The highest BCUT2D eigenvalue weighted by atomic mass is 16.5. The van der Waals surface area contributed by atoms with Gasteiger partial charge >= 0.3 is 0 Å². The van der Waals surface area contributed by atoms with E-state index in [1.54, 1.807) is 12.3 Å². The molecule has 0 spiro atoms. The Morgan fingerprint density at radius 2 is 2.44 bits per heavy atom. The molecule has 0 bridgehead atoms. The summed E-state index contributed by atoms with van der Waals surface area (Å²) in [5.41, 5.74) is 1.67. The Morgan fingerprint density at radius 3 is 3.06 bits per heavy atom. The lowest BCUT2D eigenvalue weighted by Gasteiger charge is -2.09. The summed E-state index contributed by atoms with van der Waals surface area (Å²) in [5, 5.41) is 2.91. The molecule has 1 N–H and O–H groups in total. The third-order valence-electron chi connectivity index (χ3n) is 3.17. The van der Waals surface area contributed by atoms with Crippen molar-refractivity contribution in [3.05, 3.63) is 29.6 Å². The van der Waals surface area contributed by atoms with Crippen molar-refractivity contribution in [2.45, 2.75) is 26.2 Å². The summed E-state index contributed by atoms with van der Waals surface area (Å²) >= 11 is 0. The number of hydrogen-bond donors (Lipinski definition) is 1. The fourth-order valence-corrected chi connectivity index (χ4v) is 2.07. The van der Waals surface area contributed by atoms with Crippen LogP contribution in [0, 0.1) is 5.92 Å². The SMILES string of the molecule is CCCc1ccc(C(=O)NCC2CCOC2)nc1. The fraction of sp³-hybridized carbons (Fsp3) is 0.571. The van der Waals surface area contributed by atoms with E-state index in [2.05, 4.69) is 17.2 Å². The predicted molar refractivity (Wildman–Crippen MR) is 69.5 cm³/mol. The van der Waals surface area contributed by atoms with Gasteiger partial charge in [-0.2, -0.15) is 0 Å². The van der Waals surface area contributed by atoms with Crippen molar-refractivity contribution in [3.8, 4) is 0 Å². The number of nitrogens with one attached hydrogen (secondary N) is 1. The van der Waals surface area contributed by atoms with E-state index in [1.165, 1.54) is 5.56 Å². The van der Waals surface area contributed by atoms with Crippen molar-refractivity contribution in [2.75, 3.05) is 19.8 Å². The van der Waals surface area contributed by atoms with E-state index in [4.69, 9.17) is 4.74 Å². The van der Waals surface area contributed by atoms with Gasteiger partial charge in [0.05, 0.1) is 6.61 Å². The van der Waals surface area contributed by atoms with E-state index in [9.17, 15) is 4.79 Å². The van der Waals surface area contributed by atoms with E-state index < -0.39 is 0 Å². The van der Waals surface area contributed by atoms with Crippen LogP contribution in [0.25, 0.3) is 0 Å². The number of rotatable bonds is 5. The van der Waals surface area contributed by atoms with Crippen molar-refractivity contribution in [3.63, 3.8) is 0 Å². The fourth-order valence-electron chi connectivity index (χ4n) is 2.07. The van der Waals surface area contributed by atoms with Crippen LogP contribution in [0.5, 0.6) is 0 Å². The number of aryl methyl sites for hydroxylation is 1. The number of carbonyl (C=O) groups excluding carboxylic acids is 1. The summed E-state index contributed by atoms with van der Waals surface area (Å²) in [4.78, 5) is 16.1. The molecule has 98 valence electrons. The van der Waals surface area contributed by atoms with Gasteiger partial charge in [0.2, 0.25) is 0 Å². The highest BCUT2D eigenvalue weighted by Gasteiger charge is 2.17. The lowest BCUT2D eigenvalue weighted by atomic mass is 10.1. The number of aromatic nitrogens is 1. The molecule has 1 atom stereocenters. The van der Waals surface area contributed by atoms with Crippen molar-refractivity contribution in [1.82, 2.24) is 10.3 Å². The molecule has 1 saturated heterocycles. The van der Waals surface area contributed by atoms with Gasteiger partial charge in [0.1, 0.15) is 5.69 Å². The van der Waals surface area contributed by atoms with Crippen LogP contribution in [0.4, 0.5) is 0 Å². The average molecular weight is 248 g/mol. The molecular formula is C14H20N2O2. The second kappa shape index (κ2) is 6.50. The number of amides is 1. The minimum Gasteiger partial charge on any atom is -0.381 e. The summed E-state index contributed by atoms with van der Waals surface area (Å²) in [6, 6.07) is 3.77. The second-order valence-electron chi connectivity index (χ2n) is 4.74. The van der Waals surface area contributed by atoms with E-state index in [0.717, 1.165) is 32.5 Å². The van der Waals surface area contributed by atoms with E-state index in [-0.39, 0.29) is 5.91 Å². The molecule has 0 saturated carbocycles. The van der Waals surface area contributed by atoms with Crippen LogP contribution >= 0.6 is 0 Å². The highest BCUT2D eigenvalue weighted by Crippen LogP contribution is 2.11. The smallest absolute Gasteiger partial charge is 0.269 e. The highest BCUT2D eigenvalue weighted by molar-refractivity contribution is 5.92. The van der Waals surface area contributed by atoms with Crippen LogP contribution in [0.2, 0.25) is 0 Å². The first kappa shape index (κ1) is 13.0. The Labute approximate surface area is 108 Å². The van der Waals surface area contributed by atoms with Crippen LogP contribution in [0.3, 0.4) is 0 Å². The van der Waals surface area contributed by atoms with Crippen molar-refractivity contribution < 1.29 is 9.53 Å². The van der Waals surface area contributed by atoms with Gasteiger partial charge in [0.15, 0.2) is 0 Å². The monoisotopic (exact) mass is 248 g/mol. The molecule has 18 heavy (non-hydrogen) atoms. The average Bonchev–Trinajstić information content (AvgIpc) is 2.90. The Hall–Kier alpha value is -1.42. The van der Waals surface area contributed by atoms with E-state index in [1.807, 2.05) is 6.07 Å². The molecule has 4 heteroatoms. The van der Waals surface area contributed by atoms with Crippen LogP contribution < -0.4 is 5.32 Å². The summed E-state index contributed by atoms with van der Waals surface area (Å²) in [6.07, 6.45) is 4.92. The number of nitrogens with zero attached hydrogens (tertiary/aromatic N) is 1. The molecule has 0 aliphatic carbocycles. The van der Waals surface area contributed by atoms with Crippen molar-refractivity contribution in [2.24, 2.45) is 5.92 Å². The Kier molecular flexibility index (Phi) is 4.70. The van der Waals surface area contributed by atoms with Gasteiger partial charge in [-0.05, 0) is 24.5 Å². The molecule has 2 heterocycles. The number of pyridine rings is 1. The standard InChI is InChI=1S/C14H20N2O2/c1-2-3-11-4-5-13(15-8-11)14(17)16-9-12-6-7-18-10-12/h4-5,8,12H,2-3,6-7,9-10H2,1H3,(H,16,17). The van der Waals surface area contributed by atoms with Gasteiger partial charge in [-0.1, -0.05) is 19.4 Å². The first-order chi connectivity index (χ1) is 8.79. The first-order valence-electron chi connectivity index (χ1n) is 6.60. The molecule has 1 amide bonds. The molecule has 1 aliphatic heterocycles. The molecule has 1 aromatic heterocycles. The normalized spacial score (nSPS) is 18.8. The molecule has 2 rings (SSSR count). The Morgan fingerprint density at radius 1 is 1.56 bits per heavy atom. The largest absolute Gasteiger partial charge is 0.381 e. The lowest BCUT2D eigenvalue weighted by molar-refractivity contribution is 0.0940. The lowest BCUT2D eigenvalue weighted by Crippen LogP contribution is -2.30. The van der Waals surface area contributed by atoms with Gasteiger partial charge in [-0.25, -0.2) is 0 Å². The molecular weight excluding hydrogens is 228 g/mol. The molecule has 1 aromatic rings. The van der Waals surface area contributed by atoms with E-state index in [0.29, 0.717) is 18.2 Å². The quantitative estimate of drug-likeness (QED) is 0.864. The zero-order chi connectivity index (χ0) is 12.8. The minimum absolute atomic E-state index is 0.0926. The van der Waals surface area contributed by atoms with Gasteiger partial charge in [0, 0.05) is 25.3 Å². The second-order valence-corrected chi connectivity index (χ2v) is 4.74. The maximum absolute atomic E-state index is 11.9. The molecule has 0 radical (unpaired) electrons. The number of ether oxygens (including phenoxy) is 1. The van der Waals surface area contributed by atoms with Crippen LogP contribution in [0.15, 0.2) is 18.3 Å². The molecule has 4 nitrogen and oxygen atoms in total. The summed E-state index contributed by atoms with van der Waals surface area (Å²) in [5.74, 6) is 0.360. The zero-order valence-electron chi connectivity index (χ0n) is 10.8. The number of carbonyl (C=O) groups is 1. The van der Waals surface area contributed by atoms with Gasteiger partial charge in [0.25, 0.3) is 5.91 Å². The summed E-state index contributed by atoms with van der Waals surface area (Å²) < 4.78 is 5.27. The topological polar surface area (TPSA) is 51.2 Å². The molecule has 0 aromatic carbocycles. The summed E-state index contributed by atoms with van der Waals surface area (Å²) in [7, 11) is 0. The zero-order valence-corrected chi connectivity index (χ0v) is 10.8. The third-order valence-corrected chi connectivity index (χ3v) is 3.17. The number of hydrogen-bond acceptors (Lipinski definition) is 3. The van der Waals surface area contributed by atoms with Crippen LogP contribution in [-0.2, 0) is 11.2 Å². The predicted octanol–water partition coefficient (Wildman–Crippen LogP) is 1.80. The maximum Gasteiger partial charge on any atom is 0.269 e. The van der Waals surface area contributed by atoms with Gasteiger partial charge in [-0.3, -0.25) is 9.78 Å². The van der Waals surface area contributed by atoms with Gasteiger partial charge < -0.3 is 10.1 Å². The third kappa shape index (κ3) is 3.53.